The van der Waals surface area contributed by atoms with Crippen molar-refractivity contribution in [2.45, 2.75) is 19.3 Å². The van der Waals surface area contributed by atoms with Crippen LogP contribution in [0.2, 0.25) is 0 Å². The van der Waals surface area contributed by atoms with Gasteiger partial charge in [-0.1, -0.05) is 24.3 Å². The number of methoxy groups -OCH3 is 1. The number of hydrogen-bond acceptors (Lipinski definition) is 4. The first kappa shape index (κ1) is 18.6. The Labute approximate surface area is 166 Å². The van der Waals surface area contributed by atoms with Gasteiger partial charge in [-0.2, -0.15) is 0 Å². The minimum absolute atomic E-state index is 0.0770. The van der Waals surface area contributed by atoms with Gasteiger partial charge in [0.25, 0.3) is 0 Å². The SMILES string of the molecule is COc1ccc2cc(C(=O)[C@@H]3CCCN(CCc4ccccn4)C3)ccc2c1. The van der Waals surface area contributed by atoms with Crippen molar-refractivity contribution < 1.29 is 9.53 Å². The molecule has 1 aromatic heterocycles. The van der Waals surface area contributed by atoms with Crippen molar-refractivity contribution in [1.29, 1.82) is 0 Å². The number of pyridine rings is 1. The normalized spacial score (nSPS) is 17.5. The van der Waals surface area contributed by atoms with Crippen molar-refractivity contribution >= 4 is 16.6 Å². The summed E-state index contributed by atoms with van der Waals surface area (Å²) in [6, 6.07) is 18.0. The smallest absolute Gasteiger partial charge is 0.167 e. The van der Waals surface area contributed by atoms with Gasteiger partial charge in [0, 0.05) is 42.9 Å². The highest BCUT2D eigenvalue weighted by Gasteiger charge is 2.26. The Morgan fingerprint density at radius 3 is 2.82 bits per heavy atom. The first-order valence-corrected chi connectivity index (χ1v) is 9.97. The molecule has 144 valence electrons. The number of aromatic nitrogens is 1. The number of benzene rings is 2. The Balaban J connectivity index is 1.43. The average Bonchev–Trinajstić information content (AvgIpc) is 2.77. The zero-order chi connectivity index (χ0) is 19.3. The van der Waals surface area contributed by atoms with Crippen LogP contribution >= 0.6 is 0 Å². The molecule has 0 bridgehead atoms. The summed E-state index contributed by atoms with van der Waals surface area (Å²) in [7, 11) is 1.67. The lowest BCUT2D eigenvalue weighted by molar-refractivity contribution is 0.0821. The largest absolute Gasteiger partial charge is 0.497 e. The number of rotatable bonds is 6. The van der Waals surface area contributed by atoms with Crippen molar-refractivity contribution in [3.63, 3.8) is 0 Å². The number of Topliss-reactive ketones (excluding diaryl/α,β-unsaturated/α-hetero) is 1. The zero-order valence-electron chi connectivity index (χ0n) is 16.3. The van der Waals surface area contributed by atoms with E-state index >= 15 is 0 Å². The molecule has 0 spiro atoms. The van der Waals surface area contributed by atoms with Gasteiger partial charge < -0.3 is 9.64 Å². The third kappa shape index (κ3) is 4.23. The molecule has 4 nitrogen and oxygen atoms in total. The molecule has 1 fully saturated rings. The minimum atomic E-state index is 0.0770. The predicted octanol–water partition coefficient (Wildman–Crippen LogP) is 4.38. The summed E-state index contributed by atoms with van der Waals surface area (Å²) < 4.78 is 5.28. The highest BCUT2D eigenvalue weighted by Crippen LogP contribution is 2.25. The van der Waals surface area contributed by atoms with Crippen LogP contribution in [-0.2, 0) is 6.42 Å². The molecule has 1 aliphatic heterocycles. The van der Waals surface area contributed by atoms with Crippen LogP contribution in [0.15, 0.2) is 60.8 Å². The highest BCUT2D eigenvalue weighted by molar-refractivity contribution is 6.01. The van der Waals surface area contributed by atoms with E-state index in [2.05, 4.69) is 16.0 Å². The van der Waals surface area contributed by atoms with Crippen LogP contribution < -0.4 is 4.74 Å². The summed E-state index contributed by atoms with van der Waals surface area (Å²) in [4.78, 5) is 19.9. The van der Waals surface area contributed by atoms with Crippen LogP contribution in [-0.4, -0.2) is 42.4 Å². The maximum absolute atomic E-state index is 13.1. The molecule has 1 aliphatic rings. The Hall–Kier alpha value is -2.72. The second-order valence-electron chi connectivity index (χ2n) is 7.50. The maximum Gasteiger partial charge on any atom is 0.167 e. The molecule has 4 heteroatoms. The predicted molar refractivity (Wildman–Crippen MR) is 112 cm³/mol. The van der Waals surface area contributed by atoms with Crippen molar-refractivity contribution in [2.75, 3.05) is 26.7 Å². The van der Waals surface area contributed by atoms with Crippen molar-refractivity contribution in [3.8, 4) is 5.75 Å². The molecule has 0 amide bonds. The number of likely N-dealkylation sites (tertiary alicyclic amines) is 1. The molecule has 28 heavy (non-hydrogen) atoms. The number of carbonyl (C=O) groups is 1. The van der Waals surface area contributed by atoms with E-state index < -0.39 is 0 Å². The monoisotopic (exact) mass is 374 g/mol. The average molecular weight is 374 g/mol. The zero-order valence-corrected chi connectivity index (χ0v) is 16.3. The number of hydrogen-bond donors (Lipinski definition) is 0. The van der Waals surface area contributed by atoms with Crippen LogP contribution in [0.1, 0.15) is 28.9 Å². The van der Waals surface area contributed by atoms with Gasteiger partial charge in [0.15, 0.2) is 5.78 Å². The van der Waals surface area contributed by atoms with Gasteiger partial charge in [-0.3, -0.25) is 9.78 Å². The lowest BCUT2D eigenvalue weighted by atomic mass is 9.89. The van der Waals surface area contributed by atoms with E-state index in [4.69, 9.17) is 4.74 Å². The molecule has 1 atom stereocenters. The number of nitrogens with zero attached hydrogens (tertiary/aromatic N) is 2. The minimum Gasteiger partial charge on any atom is -0.497 e. The molecule has 0 aliphatic carbocycles. The summed E-state index contributed by atoms with van der Waals surface area (Å²) in [6.07, 6.45) is 4.82. The van der Waals surface area contributed by atoms with Gasteiger partial charge in [-0.25, -0.2) is 0 Å². The lowest BCUT2D eigenvalue weighted by Gasteiger charge is -2.32. The Bertz CT molecular complexity index is 955. The molecule has 3 aromatic rings. The third-order valence-corrected chi connectivity index (χ3v) is 5.62. The van der Waals surface area contributed by atoms with Gasteiger partial charge >= 0.3 is 0 Å². The van der Waals surface area contributed by atoms with Crippen LogP contribution in [0.3, 0.4) is 0 Å². The fraction of sp³-hybridized carbons (Fsp3) is 0.333. The van der Waals surface area contributed by atoms with Gasteiger partial charge in [-0.05, 0) is 60.5 Å². The third-order valence-electron chi connectivity index (χ3n) is 5.62. The molecule has 2 heterocycles. The van der Waals surface area contributed by atoms with E-state index in [0.29, 0.717) is 0 Å². The summed E-state index contributed by atoms with van der Waals surface area (Å²) in [5.41, 5.74) is 1.93. The standard InChI is InChI=1S/C24H26N2O2/c1-28-23-10-9-18-15-20(8-7-19(18)16-23)24(27)21-5-4-13-26(17-21)14-11-22-6-2-3-12-25-22/h2-3,6-10,12,15-16,21H,4-5,11,13-14,17H2,1H3/t21-/m1/s1. The van der Waals surface area contributed by atoms with Crippen molar-refractivity contribution in [2.24, 2.45) is 5.92 Å². The molecule has 1 saturated heterocycles. The number of ether oxygens (including phenoxy) is 1. The summed E-state index contributed by atoms with van der Waals surface area (Å²) in [5.74, 6) is 1.18. The van der Waals surface area contributed by atoms with Gasteiger partial charge in [0.2, 0.25) is 0 Å². The fourth-order valence-corrected chi connectivity index (χ4v) is 4.03. The Morgan fingerprint density at radius 2 is 2.00 bits per heavy atom. The molecule has 2 aromatic carbocycles. The molecule has 0 radical (unpaired) electrons. The lowest BCUT2D eigenvalue weighted by Crippen LogP contribution is -2.39. The first-order valence-electron chi connectivity index (χ1n) is 9.97. The van der Waals surface area contributed by atoms with Gasteiger partial charge in [0.05, 0.1) is 7.11 Å². The van der Waals surface area contributed by atoms with Crippen LogP contribution in [0.25, 0.3) is 10.8 Å². The quantitative estimate of drug-likeness (QED) is 0.601. The molecule has 0 N–H and O–H groups in total. The summed E-state index contributed by atoms with van der Waals surface area (Å²) in [6.45, 7) is 2.86. The number of fused-ring (bicyclic) bond motifs is 1. The van der Waals surface area contributed by atoms with E-state index in [1.54, 1.807) is 7.11 Å². The molecule has 0 saturated carbocycles. The molecule has 0 unspecified atom stereocenters. The Kier molecular flexibility index (Phi) is 5.68. The molecule has 4 rings (SSSR count). The molecular formula is C24H26N2O2. The van der Waals surface area contributed by atoms with Crippen LogP contribution in [0.4, 0.5) is 0 Å². The summed E-state index contributed by atoms with van der Waals surface area (Å²) in [5, 5.41) is 2.17. The topological polar surface area (TPSA) is 42.4 Å². The van der Waals surface area contributed by atoms with Crippen LogP contribution in [0.5, 0.6) is 5.75 Å². The Morgan fingerprint density at radius 1 is 1.14 bits per heavy atom. The van der Waals surface area contributed by atoms with E-state index in [0.717, 1.165) is 66.7 Å². The number of carbonyl (C=O) groups excluding carboxylic acids is 1. The van der Waals surface area contributed by atoms with E-state index in [1.165, 1.54) is 0 Å². The number of piperidine rings is 1. The van der Waals surface area contributed by atoms with Crippen molar-refractivity contribution in [3.05, 3.63) is 72.1 Å². The van der Waals surface area contributed by atoms with Gasteiger partial charge in [-0.15, -0.1) is 0 Å². The van der Waals surface area contributed by atoms with E-state index in [-0.39, 0.29) is 11.7 Å². The van der Waals surface area contributed by atoms with Crippen LogP contribution in [0, 0.1) is 5.92 Å². The second-order valence-corrected chi connectivity index (χ2v) is 7.50. The van der Waals surface area contributed by atoms with E-state index in [1.807, 2.05) is 54.7 Å². The van der Waals surface area contributed by atoms with E-state index in [9.17, 15) is 4.79 Å². The van der Waals surface area contributed by atoms with Crippen molar-refractivity contribution in [1.82, 2.24) is 9.88 Å². The highest BCUT2D eigenvalue weighted by atomic mass is 16.5. The first-order chi connectivity index (χ1) is 13.7. The second kappa shape index (κ2) is 8.53. The fourth-order valence-electron chi connectivity index (χ4n) is 4.03. The maximum atomic E-state index is 13.1. The van der Waals surface area contributed by atoms with Gasteiger partial charge in [0.1, 0.15) is 5.75 Å². The molecular weight excluding hydrogens is 348 g/mol. The summed E-state index contributed by atoms with van der Waals surface area (Å²) >= 11 is 0. The number of ketones is 1.